The van der Waals surface area contributed by atoms with Crippen LogP contribution in [0, 0.1) is 0 Å². The fraction of sp³-hybridized carbons (Fsp3) is 0.214. The number of nitrogens with zero attached hydrogens (tertiary/aromatic N) is 1. The van der Waals surface area contributed by atoms with Crippen LogP contribution in [-0.4, -0.2) is 27.2 Å². The molecule has 0 bridgehead atoms. The van der Waals surface area contributed by atoms with E-state index in [2.05, 4.69) is 10.6 Å². The fourth-order valence-electron chi connectivity index (χ4n) is 4.03. The van der Waals surface area contributed by atoms with Crippen LogP contribution < -0.4 is 16.1 Å². The Morgan fingerprint density at radius 1 is 1.00 bits per heavy atom. The van der Waals surface area contributed by atoms with Crippen molar-refractivity contribution in [3.8, 4) is 5.75 Å². The summed E-state index contributed by atoms with van der Waals surface area (Å²) in [5, 5.41) is 26.9. The first-order valence-corrected chi connectivity index (χ1v) is 12.0. The largest absolute Gasteiger partial charge is 0.508 e. The number of aryl methyl sites for hydroxylation is 1. The number of benzene rings is 3. The van der Waals surface area contributed by atoms with Crippen LogP contribution in [-0.2, 0) is 20.1 Å². The van der Waals surface area contributed by atoms with Gasteiger partial charge in [0, 0.05) is 36.7 Å². The summed E-state index contributed by atoms with van der Waals surface area (Å²) in [6.45, 7) is 1.36. The van der Waals surface area contributed by atoms with Gasteiger partial charge in [-0.25, -0.2) is 0 Å². The van der Waals surface area contributed by atoms with Gasteiger partial charge >= 0.3 is 0 Å². The summed E-state index contributed by atoms with van der Waals surface area (Å²) in [5.41, 5.74) is 3.03. The molecule has 0 saturated carbocycles. The fourth-order valence-corrected chi connectivity index (χ4v) is 4.15. The van der Waals surface area contributed by atoms with E-state index in [9.17, 15) is 19.8 Å². The molecule has 0 spiro atoms. The first-order chi connectivity index (χ1) is 17.3. The summed E-state index contributed by atoms with van der Waals surface area (Å²) in [5.74, 6) is -0.270. The summed E-state index contributed by atoms with van der Waals surface area (Å²) in [7, 11) is 1.81. The molecule has 1 atom stereocenters. The van der Waals surface area contributed by atoms with E-state index >= 15 is 0 Å². The molecule has 0 aliphatic heterocycles. The molecule has 0 saturated heterocycles. The van der Waals surface area contributed by atoms with Gasteiger partial charge in [0.1, 0.15) is 11.3 Å². The molecule has 4 rings (SSSR count). The monoisotopic (exact) mass is 505 g/mol. The Labute approximate surface area is 214 Å². The van der Waals surface area contributed by atoms with Gasteiger partial charge in [-0.05, 0) is 66.1 Å². The van der Waals surface area contributed by atoms with E-state index < -0.39 is 12.0 Å². The number of fused-ring (bicyclic) bond motifs is 1. The third-order valence-electron chi connectivity index (χ3n) is 6.07. The third kappa shape index (κ3) is 6.12. The number of aliphatic hydroxyl groups excluding tert-OH is 1. The molecule has 4 N–H and O–H groups in total. The lowest BCUT2D eigenvalue weighted by Crippen LogP contribution is -2.29. The van der Waals surface area contributed by atoms with Crippen molar-refractivity contribution >= 4 is 28.4 Å². The zero-order valence-electron chi connectivity index (χ0n) is 19.9. The number of halogens is 1. The van der Waals surface area contributed by atoms with Crippen molar-refractivity contribution in [2.45, 2.75) is 25.6 Å². The third-order valence-corrected chi connectivity index (χ3v) is 6.32. The highest BCUT2D eigenvalue weighted by atomic mass is 35.5. The van der Waals surface area contributed by atoms with Gasteiger partial charge in [-0.3, -0.25) is 9.59 Å². The second kappa shape index (κ2) is 11.4. The minimum atomic E-state index is -0.643. The van der Waals surface area contributed by atoms with E-state index in [1.54, 1.807) is 60.3 Å². The molecule has 7 nitrogen and oxygen atoms in total. The zero-order valence-corrected chi connectivity index (χ0v) is 20.6. The number of aliphatic hydroxyl groups is 1. The highest BCUT2D eigenvalue weighted by molar-refractivity contribution is 6.30. The van der Waals surface area contributed by atoms with Crippen LogP contribution in [0.4, 0.5) is 0 Å². The summed E-state index contributed by atoms with van der Waals surface area (Å²) >= 11 is 5.91. The van der Waals surface area contributed by atoms with Crippen molar-refractivity contribution in [2.24, 2.45) is 7.05 Å². The predicted molar refractivity (Wildman–Crippen MR) is 141 cm³/mol. The molecule has 36 heavy (non-hydrogen) atoms. The van der Waals surface area contributed by atoms with Gasteiger partial charge in [0.15, 0.2) is 0 Å². The lowest BCUT2D eigenvalue weighted by Gasteiger charge is -2.13. The SMILES string of the molecule is Cn1cc(C(=O)NCc2ccc(Cl)cc2)c(=O)c2cc(CNCCC(O)c3ccc(O)cc3)ccc21. The van der Waals surface area contributed by atoms with Crippen LogP contribution >= 0.6 is 11.6 Å². The number of carbonyl (C=O) groups is 1. The quantitative estimate of drug-likeness (QED) is 0.257. The molecule has 0 aliphatic rings. The maximum Gasteiger partial charge on any atom is 0.257 e. The van der Waals surface area contributed by atoms with Crippen LogP contribution in [0.25, 0.3) is 10.9 Å². The molecule has 0 aliphatic carbocycles. The van der Waals surface area contributed by atoms with Crippen LogP contribution in [0.2, 0.25) is 5.02 Å². The van der Waals surface area contributed by atoms with Crippen molar-refractivity contribution < 1.29 is 15.0 Å². The van der Waals surface area contributed by atoms with Crippen molar-refractivity contribution in [3.05, 3.63) is 110 Å². The summed E-state index contributed by atoms with van der Waals surface area (Å²) < 4.78 is 1.78. The zero-order chi connectivity index (χ0) is 25.7. The van der Waals surface area contributed by atoms with Gasteiger partial charge in [0.25, 0.3) is 5.91 Å². The van der Waals surface area contributed by atoms with Crippen molar-refractivity contribution in [1.29, 1.82) is 0 Å². The van der Waals surface area contributed by atoms with E-state index in [-0.39, 0.29) is 23.3 Å². The Kier molecular flexibility index (Phi) is 8.05. The van der Waals surface area contributed by atoms with E-state index in [4.69, 9.17) is 11.6 Å². The molecule has 8 heteroatoms. The van der Waals surface area contributed by atoms with Crippen molar-refractivity contribution in [2.75, 3.05) is 6.54 Å². The van der Waals surface area contributed by atoms with Crippen LogP contribution in [0.5, 0.6) is 5.75 Å². The average Bonchev–Trinajstić information content (AvgIpc) is 2.88. The molecule has 4 aromatic rings. The van der Waals surface area contributed by atoms with E-state index in [1.807, 2.05) is 24.3 Å². The normalized spacial score (nSPS) is 12.0. The van der Waals surface area contributed by atoms with Gasteiger partial charge in [0.05, 0.1) is 11.6 Å². The Bertz CT molecular complexity index is 1420. The number of amides is 1. The smallest absolute Gasteiger partial charge is 0.257 e. The Morgan fingerprint density at radius 2 is 1.69 bits per heavy atom. The van der Waals surface area contributed by atoms with Gasteiger partial charge in [-0.15, -0.1) is 0 Å². The Hall–Kier alpha value is -3.65. The molecule has 1 aromatic heterocycles. The van der Waals surface area contributed by atoms with Crippen LogP contribution in [0.3, 0.4) is 0 Å². The number of rotatable bonds is 9. The molecule has 0 radical (unpaired) electrons. The molecule has 1 heterocycles. The summed E-state index contributed by atoms with van der Waals surface area (Å²) in [6, 6.07) is 19.3. The summed E-state index contributed by atoms with van der Waals surface area (Å²) in [6.07, 6.45) is 1.42. The first kappa shape index (κ1) is 25.4. The minimum absolute atomic E-state index is 0.0843. The van der Waals surface area contributed by atoms with E-state index in [1.165, 1.54) is 0 Å². The summed E-state index contributed by atoms with van der Waals surface area (Å²) in [4.78, 5) is 26.0. The number of aromatic nitrogens is 1. The second-order valence-electron chi connectivity index (χ2n) is 8.72. The van der Waals surface area contributed by atoms with Gasteiger partial charge < -0.3 is 25.4 Å². The standard InChI is InChI=1S/C28H28ClN3O4/c1-32-17-24(28(36)31-16-18-2-7-21(29)8-3-18)27(35)23-14-19(4-11-25(23)32)15-30-13-12-26(34)20-5-9-22(33)10-6-20/h2-11,14,17,26,30,33-34H,12-13,15-16H2,1H3,(H,31,36). The first-order valence-electron chi connectivity index (χ1n) is 11.6. The van der Waals surface area contributed by atoms with Gasteiger partial charge in [-0.1, -0.05) is 41.9 Å². The molecule has 186 valence electrons. The van der Waals surface area contributed by atoms with Crippen molar-refractivity contribution in [1.82, 2.24) is 15.2 Å². The molecular formula is C28H28ClN3O4. The van der Waals surface area contributed by atoms with Gasteiger partial charge in [-0.2, -0.15) is 0 Å². The molecule has 1 unspecified atom stereocenters. The number of hydrogen-bond donors (Lipinski definition) is 4. The Morgan fingerprint density at radius 3 is 2.42 bits per heavy atom. The minimum Gasteiger partial charge on any atom is -0.508 e. The lowest BCUT2D eigenvalue weighted by molar-refractivity contribution is 0.0949. The highest BCUT2D eigenvalue weighted by Crippen LogP contribution is 2.19. The Balaban J connectivity index is 1.41. The van der Waals surface area contributed by atoms with Crippen molar-refractivity contribution in [3.63, 3.8) is 0 Å². The number of nitrogens with one attached hydrogen (secondary N) is 2. The predicted octanol–water partition coefficient (Wildman–Crippen LogP) is 4.04. The number of hydrogen-bond acceptors (Lipinski definition) is 5. The van der Waals surface area contributed by atoms with Crippen LogP contribution in [0.1, 0.15) is 39.6 Å². The number of carbonyl (C=O) groups excluding carboxylic acids is 1. The number of phenolic OH excluding ortho intramolecular Hbond substituents is 1. The van der Waals surface area contributed by atoms with Gasteiger partial charge in [0.2, 0.25) is 5.43 Å². The highest BCUT2D eigenvalue weighted by Gasteiger charge is 2.15. The number of pyridine rings is 1. The topological polar surface area (TPSA) is 104 Å². The van der Waals surface area contributed by atoms with Crippen LogP contribution in [0.15, 0.2) is 77.7 Å². The molecule has 0 fully saturated rings. The lowest BCUT2D eigenvalue weighted by atomic mass is 10.1. The number of phenols is 1. The second-order valence-corrected chi connectivity index (χ2v) is 9.15. The molecule has 3 aromatic carbocycles. The average molecular weight is 506 g/mol. The van der Waals surface area contributed by atoms with E-state index in [0.29, 0.717) is 29.9 Å². The van der Waals surface area contributed by atoms with E-state index in [0.717, 1.165) is 22.2 Å². The molecule has 1 amide bonds. The maximum absolute atomic E-state index is 13.2. The molecular weight excluding hydrogens is 478 g/mol. The number of aromatic hydroxyl groups is 1. The maximum atomic E-state index is 13.2.